The number of nitrogens with one attached hydrogen (secondary N) is 1. The van der Waals surface area contributed by atoms with Gasteiger partial charge in [-0.05, 0) is 48.2 Å². The van der Waals surface area contributed by atoms with E-state index >= 15 is 0 Å². The molecule has 5 heteroatoms. The number of hydrogen-bond acceptors (Lipinski definition) is 4. The normalized spacial score (nSPS) is 17.6. The van der Waals surface area contributed by atoms with Crippen molar-refractivity contribution in [2.75, 3.05) is 32.8 Å². The molecule has 2 aromatic carbocycles. The highest BCUT2D eigenvalue weighted by atomic mass is 16.5. The number of rotatable bonds is 6. The highest BCUT2D eigenvalue weighted by Gasteiger charge is 2.29. The van der Waals surface area contributed by atoms with Gasteiger partial charge in [0.2, 0.25) is 0 Å². The summed E-state index contributed by atoms with van der Waals surface area (Å²) in [6, 6.07) is 16.3. The lowest BCUT2D eigenvalue weighted by Gasteiger charge is -2.30. The zero-order chi connectivity index (χ0) is 19.3. The monoisotopic (exact) mass is 380 g/mol. The molecule has 0 spiro atoms. The zero-order valence-corrected chi connectivity index (χ0v) is 16.1. The molecule has 1 amide bonds. The Morgan fingerprint density at radius 1 is 1.04 bits per heavy atom. The fraction of sp³-hybridized carbons (Fsp3) is 0.435. The number of benzene rings is 2. The standard InChI is InChI=1S/C23H28N2O3/c26-15-17(14-25-12-6-1-7-13-25)24-23(27)28-16-22-20-10-4-2-8-18(20)19-9-3-5-11-21(19)22/h2-5,8-11,17,22,26H,1,6-7,12-16H2,(H,24,27). The van der Waals surface area contributed by atoms with Gasteiger partial charge in [-0.3, -0.25) is 0 Å². The Morgan fingerprint density at radius 2 is 1.64 bits per heavy atom. The smallest absolute Gasteiger partial charge is 0.407 e. The summed E-state index contributed by atoms with van der Waals surface area (Å²) in [4.78, 5) is 14.7. The molecule has 28 heavy (non-hydrogen) atoms. The molecule has 0 bridgehead atoms. The Bertz CT molecular complexity index is 771. The lowest BCUT2D eigenvalue weighted by Crippen LogP contribution is -2.47. The quantitative estimate of drug-likeness (QED) is 0.807. The van der Waals surface area contributed by atoms with Gasteiger partial charge in [0, 0.05) is 12.5 Å². The van der Waals surface area contributed by atoms with Gasteiger partial charge in [-0.2, -0.15) is 0 Å². The largest absolute Gasteiger partial charge is 0.449 e. The highest BCUT2D eigenvalue weighted by molar-refractivity contribution is 5.79. The first kappa shape index (κ1) is 19.0. The maximum Gasteiger partial charge on any atom is 0.407 e. The maximum atomic E-state index is 12.4. The number of ether oxygens (including phenoxy) is 1. The van der Waals surface area contributed by atoms with E-state index in [-0.39, 0.29) is 18.6 Å². The highest BCUT2D eigenvalue weighted by Crippen LogP contribution is 2.44. The van der Waals surface area contributed by atoms with Crippen molar-refractivity contribution >= 4 is 6.09 Å². The Kier molecular flexibility index (Phi) is 5.93. The Balaban J connectivity index is 1.36. The van der Waals surface area contributed by atoms with Crippen molar-refractivity contribution in [3.8, 4) is 11.1 Å². The fourth-order valence-electron chi connectivity index (χ4n) is 4.41. The van der Waals surface area contributed by atoms with Gasteiger partial charge in [0.1, 0.15) is 6.61 Å². The van der Waals surface area contributed by atoms with Crippen molar-refractivity contribution in [3.05, 3.63) is 59.7 Å². The van der Waals surface area contributed by atoms with Gasteiger partial charge in [0.15, 0.2) is 0 Å². The van der Waals surface area contributed by atoms with Crippen LogP contribution in [0.15, 0.2) is 48.5 Å². The van der Waals surface area contributed by atoms with Gasteiger partial charge < -0.3 is 20.1 Å². The summed E-state index contributed by atoms with van der Waals surface area (Å²) in [6.45, 7) is 2.94. The molecule has 2 aromatic rings. The Morgan fingerprint density at radius 3 is 2.25 bits per heavy atom. The average Bonchev–Trinajstić information content (AvgIpc) is 3.06. The number of carbonyl (C=O) groups excluding carboxylic acids is 1. The summed E-state index contributed by atoms with van der Waals surface area (Å²) in [6.07, 6.45) is 3.17. The topological polar surface area (TPSA) is 61.8 Å². The maximum absolute atomic E-state index is 12.4. The molecule has 2 N–H and O–H groups in total. The van der Waals surface area contributed by atoms with Crippen LogP contribution in [0, 0.1) is 0 Å². The number of hydrogen-bond donors (Lipinski definition) is 2. The molecule has 5 nitrogen and oxygen atoms in total. The van der Waals surface area contributed by atoms with Crippen molar-refractivity contribution < 1.29 is 14.6 Å². The third kappa shape index (κ3) is 4.05. The van der Waals surface area contributed by atoms with Crippen molar-refractivity contribution in [1.82, 2.24) is 10.2 Å². The van der Waals surface area contributed by atoms with Crippen LogP contribution >= 0.6 is 0 Å². The molecule has 0 aromatic heterocycles. The van der Waals surface area contributed by atoms with Gasteiger partial charge in [0.25, 0.3) is 0 Å². The second-order valence-corrected chi connectivity index (χ2v) is 7.71. The molecule has 1 aliphatic carbocycles. The van der Waals surface area contributed by atoms with Crippen LogP contribution in [-0.2, 0) is 4.74 Å². The fourth-order valence-corrected chi connectivity index (χ4v) is 4.41. The first-order valence-corrected chi connectivity index (χ1v) is 10.2. The summed E-state index contributed by atoms with van der Waals surface area (Å²) >= 11 is 0. The van der Waals surface area contributed by atoms with Gasteiger partial charge in [-0.15, -0.1) is 0 Å². The van der Waals surface area contributed by atoms with E-state index in [4.69, 9.17) is 4.74 Å². The van der Waals surface area contributed by atoms with Crippen LogP contribution in [-0.4, -0.2) is 55.0 Å². The number of carbonyl (C=O) groups is 1. The van der Waals surface area contributed by atoms with E-state index in [1.165, 1.54) is 41.5 Å². The van der Waals surface area contributed by atoms with Crippen LogP contribution in [0.2, 0.25) is 0 Å². The first-order chi connectivity index (χ1) is 13.8. The molecule has 1 fully saturated rings. The van der Waals surface area contributed by atoms with Crippen LogP contribution in [0.25, 0.3) is 11.1 Å². The summed E-state index contributed by atoms with van der Waals surface area (Å²) in [5.41, 5.74) is 4.82. The number of fused-ring (bicyclic) bond motifs is 3. The summed E-state index contributed by atoms with van der Waals surface area (Å²) in [5.74, 6) is 0.0489. The lowest BCUT2D eigenvalue weighted by molar-refractivity contribution is 0.120. The number of piperidine rings is 1. The molecule has 1 unspecified atom stereocenters. The van der Waals surface area contributed by atoms with Gasteiger partial charge in [-0.1, -0.05) is 55.0 Å². The predicted octanol–water partition coefficient (Wildman–Crippen LogP) is 3.37. The van der Waals surface area contributed by atoms with E-state index < -0.39 is 6.09 Å². The van der Waals surface area contributed by atoms with Gasteiger partial charge in [-0.25, -0.2) is 4.79 Å². The second kappa shape index (κ2) is 8.76. The van der Waals surface area contributed by atoms with Crippen molar-refractivity contribution in [3.63, 3.8) is 0 Å². The molecular formula is C23H28N2O3. The Hall–Kier alpha value is -2.37. The molecule has 0 saturated carbocycles. The number of aliphatic hydroxyl groups excluding tert-OH is 1. The van der Waals surface area contributed by atoms with Crippen LogP contribution in [0.4, 0.5) is 4.79 Å². The van der Waals surface area contributed by atoms with Crippen molar-refractivity contribution in [2.24, 2.45) is 0 Å². The van der Waals surface area contributed by atoms with Crippen molar-refractivity contribution in [1.29, 1.82) is 0 Å². The minimum Gasteiger partial charge on any atom is -0.449 e. The second-order valence-electron chi connectivity index (χ2n) is 7.71. The molecule has 1 atom stereocenters. The van der Waals surface area contributed by atoms with Crippen LogP contribution in [0.1, 0.15) is 36.3 Å². The minimum atomic E-state index is -0.460. The van der Waals surface area contributed by atoms with E-state index in [2.05, 4.69) is 34.5 Å². The number of nitrogens with zero attached hydrogens (tertiary/aromatic N) is 1. The van der Waals surface area contributed by atoms with Gasteiger partial charge >= 0.3 is 6.09 Å². The first-order valence-electron chi connectivity index (χ1n) is 10.2. The van der Waals surface area contributed by atoms with E-state index in [0.717, 1.165) is 13.1 Å². The number of amides is 1. The van der Waals surface area contributed by atoms with E-state index in [9.17, 15) is 9.90 Å². The van der Waals surface area contributed by atoms with Crippen LogP contribution in [0.3, 0.4) is 0 Å². The number of likely N-dealkylation sites (tertiary alicyclic amines) is 1. The molecule has 148 valence electrons. The summed E-state index contributed by atoms with van der Waals surface area (Å²) in [5, 5.41) is 12.5. The molecule has 1 aliphatic heterocycles. The third-order valence-electron chi connectivity index (χ3n) is 5.81. The molecule has 1 heterocycles. The SMILES string of the molecule is O=C(NC(CO)CN1CCCCC1)OCC1c2ccccc2-c2ccccc21. The third-order valence-corrected chi connectivity index (χ3v) is 5.81. The zero-order valence-electron chi connectivity index (χ0n) is 16.1. The summed E-state index contributed by atoms with van der Waals surface area (Å²) in [7, 11) is 0. The average molecular weight is 380 g/mol. The minimum absolute atomic E-state index is 0.0489. The predicted molar refractivity (Wildman–Crippen MR) is 109 cm³/mol. The lowest BCUT2D eigenvalue weighted by atomic mass is 9.98. The van der Waals surface area contributed by atoms with E-state index in [1.54, 1.807) is 0 Å². The molecule has 4 rings (SSSR count). The molecule has 2 aliphatic rings. The van der Waals surface area contributed by atoms with Crippen LogP contribution in [0.5, 0.6) is 0 Å². The Labute approximate surface area is 166 Å². The number of aliphatic hydroxyl groups is 1. The summed E-state index contributed by atoms with van der Waals surface area (Å²) < 4.78 is 5.58. The molecule has 1 saturated heterocycles. The van der Waals surface area contributed by atoms with Gasteiger partial charge in [0.05, 0.1) is 12.6 Å². The molecular weight excluding hydrogens is 352 g/mol. The number of alkyl carbamates (subject to hydrolysis) is 1. The van der Waals surface area contributed by atoms with E-state index in [0.29, 0.717) is 13.2 Å². The molecule has 0 radical (unpaired) electrons. The van der Waals surface area contributed by atoms with Crippen molar-refractivity contribution in [2.45, 2.75) is 31.2 Å². The van der Waals surface area contributed by atoms with Crippen LogP contribution < -0.4 is 5.32 Å². The van der Waals surface area contributed by atoms with E-state index in [1.807, 2.05) is 24.3 Å².